The summed E-state index contributed by atoms with van der Waals surface area (Å²) in [5.41, 5.74) is 10.2. The number of halogens is 1. The Morgan fingerprint density at radius 3 is 2.86 bits per heavy atom. The number of nitrogens with zero attached hydrogens (tertiary/aromatic N) is 1. The second-order valence-corrected chi connectivity index (χ2v) is 5.69. The molecule has 1 aliphatic rings. The number of nitrogens with one attached hydrogen (secondary N) is 1. The van der Waals surface area contributed by atoms with E-state index in [4.69, 9.17) is 5.73 Å². The summed E-state index contributed by atoms with van der Waals surface area (Å²) >= 11 is 0. The van der Waals surface area contributed by atoms with Crippen molar-refractivity contribution in [2.75, 3.05) is 17.2 Å². The summed E-state index contributed by atoms with van der Waals surface area (Å²) in [7, 11) is 0. The van der Waals surface area contributed by atoms with Gasteiger partial charge in [0.2, 0.25) is 0 Å². The Bertz CT molecular complexity index is 872. The molecule has 0 amide bonds. The van der Waals surface area contributed by atoms with E-state index in [0.717, 1.165) is 41.8 Å². The summed E-state index contributed by atoms with van der Waals surface area (Å²) in [5, 5.41) is 10.8. The number of aromatic nitrogens is 1. The van der Waals surface area contributed by atoms with Crippen LogP contribution in [-0.2, 0) is 13.0 Å². The van der Waals surface area contributed by atoms with Crippen LogP contribution in [0.3, 0.4) is 0 Å². The normalized spacial score (nSPS) is 14.3. The van der Waals surface area contributed by atoms with Gasteiger partial charge in [0.1, 0.15) is 11.6 Å². The van der Waals surface area contributed by atoms with Gasteiger partial charge in [0.25, 0.3) is 0 Å². The maximum Gasteiger partial charge on any atom is 0.140 e. The second kappa shape index (κ2) is 4.66. The molecule has 5 heteroatoms. The number of hydrogen-bond donors (Lipinski definition) is 3. The molecule has 2 heterocycles. The molecule has 2 aromatic carbocycles. The molecule has 0 saturated heterocycles. The van der Waals surface area contributed by atoms with Crippen LogP contribution in [0.2, 0.25) is 0 Å². The molecule has 0 bridgehead atoms. The second-order valence-electron chi connectivity index (χ2n) is 5.69. The van der Waals surface area contributed by atoms with Crippen molar-refractivity contribution in [3.63, 3.8) is 0 Å². The van der Waals surface area contributed by atoms with Crippen LogP contribution in [0.4, 0.5) is 15.8 Å². The van der Waals surface area contributed by atoms with E-state index in [9.17, 15) is 9.50 Å². The number of fused-ring (bicyclic) bond motifs is 3. The number of H-pyrrole nitrogens is 1. The lowest BCUT2D eigenvalue weighted by atomic mass is 10.0. The predicted octanol–water partition coefficient (Wildman–Crippen LogP) is 3.16. The SMILES string of the molecule is Nc1ccc(N2CCc3[nH]c4cc(F)ccc4c3C2)cc1O. The highest BCUT2D eigenvalue weighted by atomic mass is 19.1. The fourth-order valence-corrected chi connectivity index (χ4v) is 3.14. The zero-order chi connectivity index (χ0) is 15.3. The van der Waals surface area contributed by atoms with Gasteiger partial charge in [0.15, 0.2) is 0 Å². The van der Waals surface area contributed by atoms with E-state index in [1.807, 2.05) is 12.1 Å². The predicted molar refractivity (Wildman–Crippen MR) is 85.5 cm³/mol. The molecule has 0 atom stereocenters. The number of rotatable bonds is 1. The standard InChI is InChI=1S/C17H16FN3O/c18-10-1-3-12-13-9-21(6-5-15(13)20-16(12)7-10)11-2-4-14(19)17(22)8-11/h1-4,7-8,20,22H,5-6,9,19H2. The summed E-state index contributed by atoms with van der Waals surface area (Å²) in [6, 6.07) is 10.2. The maximum absolute atomic E-state index is 13.4. The Morgan fingerprint density at radius 2 is 2.05 bits per heavy atom. The van der Waals surface area contributed by atoms with Crippen molar-refractivity contribution in [2.24, 2.45) is 0 Å². The first-order valence-electron chi connectivity index (χ1n) is 7.24. The highest BCUT2D eigenvalue weighted by Crippen LogP contribution is 2.33. The van der Waals surface area contributed by atoms with Gasteiger partial charge in [-0.2, -0.15) is 0 Å². The molecule has 0 unspecified atom stereocenters. The third-order valence-electron chi connectivity index (χ3n) is 4.32. The van der Waals surface area contributed by atoms with Crippen molar-refractivity contribution in [1.82, 2.24) is 4.98 Å². The number of aromatic hydroxyl groups is 1. The summed E-state index contributed by atoms with van der Waals surface area (Å²) in [6.07, 6.45) is 0.858. The van der Waals surface area contributed by atoms with Crippen molar-refractivity contribution in [1.29, 1.82) is 0 Å². The van der Waals surface area contributed by atoms with Gasteiger partial charge in [-0.05, 0) is 30.3 Å². The quantitative estimate of drug-likeness (QED) is 0.477. The molecule has 4 N–H and O–H groups in total. The largest absolute Gasteiger partial charge is 0.506 e. The first-order valence-corrected chi connectivity index (χ1v) is 7.24. The Hall–Kier alpha value is -2.69. The van der Waals surface area contributed by atoms with Crippen LogP contribution in [0, 0.1) is 5.82 Å². The first kappa shape index (κ1) is 13.0. The third-order valence-corrected chi connectivity index (χ3v) is 4.32. The van der Waals surface area contributed by atoms with Crippen LogP contribution < -0.4 is 10.6 Å². The van der Waals surface area contributed by atoms with Gasteiger partial charge in [-0.1, -0.05) is 0 Å². The summed E-state index contributed by atoms with van der Waals surface area (Å²) in [4.78, 5) is 5.51. The Labute approximate surface area is 127 Å². The zero-order valence-corrected chi connectivity index (χ0v) is 11.9. The molecule has 0 saturated carbocycles. The smallest absolute Gasteiger partial charge is 0.140 e. The van der Waals surface area contributed by atoms with Crippen LogP contribution in [-0.4, -0.2) is 16.6 Å². The van der Waals surface area contributed by atoms with Crippen molar-refractivity contribution in [3.8, 4) is 5.75 Å². The van der Waals surface area contributed by atoms with Crippen molar-refractivity contribution in [2.45, 2.75) is 13.0 Å². The van der Waals surface area contributed by atoms with Gasteiger partial charge in [-0.3, -0.25) is 0 Å². The number of phenols is 1. The monoisotopic (exact) mass is 297 g/mol. The van der Waals surface area contributed by atoms with Gasteiger partial charge < -0.3 is 20.7 Å². The van der Waals surface area contributed by atoms with E-state index in [1.54, 1.807) is 12.1 Å². The van der Waals surface area contributed by atoms with E-state index in [1.165, 1.54) is 17.7 Å². The number of nitrogen functional groups attached to an aromatic ring is 1. The van der Waals surface area contributed by atoms with E-state index in [2.05, 4.69) is 9.88 Å². The van der Waals surface area contributed by atoms with E-state index in [-0.39, 0.29) is 11.6 Å². The Kier molecular flexibility index (Phi) is 2.76. The van der Waals surface area contributed by atoms with Crippen molar-refractivity contribution in [3.05, 3.63) is 53.5 Å². The minimum atomic E-state index is -0.230. The molecule has 3 aromatic rings. The highest BCUT2D eigenvalue weighted by molar-refractivity contribution is 5.85. The lowest BCUT2D eigenvalue weighted by Gasteiger charge is -2.29. The molecular weight excluding hydrogens is 281 g/mol. The van der Waals surface area contributed by atoms with Crippen LogP contribution in [0.5, 0.6) is 5.75 Å². The first-order chi connectivity index (χ1) is 10.6. The number of phenolic OH excluding ortho intramolecular Hbond substituents is 1. The van der Waals surface area contributed by atoms with Gasteiger partial charge in [-0.15, -0.1) is 0 Å². The van der Waals surface area contributed by atoms with Crippen LogP contribution in [0.1, 0.15) is 11.3 Å². The Balaban J connectivity index is 1.74. The van der Waals surface area contributed by atoms with Gasteiger partial charge >= 0.3 is 0 Å². The molecular formula is C17H16FN3O. The molecule has 1 aromatic heterocycles. The average molecular weight is 297 g/mol. The maximum atomic E-state index is 13.4. The minimum Gasteiger partial charge on any atom is -0.506 e. The summed E-state index contributed by atoms with van der Waals surface area (Å²) in [6.45, 7) is 1.57. The molecule has 4 nitrogen and oxygen atoms in total. The summed E-state index contributed by atoms with van der Waals surface area (Å²) in [5.74, 6) is -0.129. The molecule has 0 spiro atoms. The number of nitrogens with two attached hydrogens (primary N) is 1. The molecule has 0 aliphatic carbocycles. The van der Waals surface area contributed by atoms with E-state index < -0.39 is 0 Å². The average Bonchev–Trinajstić information content (AvgIpc) is 2.86. The highest BCUT2D eigenvalue weighted by Gasteiger charge is 2.21. The molecule has 0 radical (unpaired) electrons. The fourth-order valence-electron chi connectivity index (χ4n) is 3.14. The molecule has 112 valence electrons. The molecule has 1 aliphatic heterocycles. The van der Waals surface area contributed by atoms with Crippen molar-refractivity contribution >= 4 is 22.3 Å². The van der Waals surface area contributed by atoms with Crippen LogP contribution >= 0.6 is 0 Å². The van der Waals surface area contributed by atoms with Crippen LogP contribution in [0.25, 0.3) is 10.9 Å². The van der Waals surface area contributed by atoms with Crippen molar-refractivity contribution < 1.29 is 9.50 Å². The third kappa shape index (κ3) is 1.97. The summed E-state index contributed by atoms with van der Waals surface area (Å²) < 4.78 is 13.4. The van der Waals surface area contributed by atoms with Gasteiger partial charge in [0.05, 0.1) is 5.69 Å². The van der Waals surface area contributed by atoms with Crippen LogP contribution in [0.15, 0.2) is 36.4 Å². The number of benzene rings is 2. The number of hydrogen-bond acceptors (Lipinski definition) is 3. The molecule has 0 fully saturated rings. The number of anilines is 2. The van der Waals surface area contributed by atoms with Gasteiger partial charge in [-0.25, -0.2) is 4.39 Å². The fraction of sp³-hybridized carbons (Fsp3) is 0.176. The lowest BCUT2D eigenvalue weighted by Crippen LogP contribution is -2.30. The number of aromatic amines is 1. The van der Waals surface area contributed by atoms with E-state index in [0.29, 0.717) is 5.69 Å². The minimum absolute atomic E-state index is 0.101. The topological polar surface area (TPSA) is 65.3 Å². The zero-order valence-electron chi connectivity index (χ0n) is 11.9. The van der Waals surface area contributed by atoms with Gasteiger partial charge in [0, 0.05) is 53.4 Å². The lowest BCUT2D eigenvalue weighted by molar-refractivity contribution is 0.477. The van der Waals surface area contributed by atoms with E-state index >= 15 is 0 Å². The molecule has 22 heavy (non-hydrogen) atoms. The molecule has 4 rings (SSSR count). The Morgan fingerprint density at radius 1 is 1.18 bits per heavy atom.